The molecule has 0 atom stereocenters. The molecular formula is C13H23N3O. The molecule has 1 N–H and O–H groups in total. The number of nitrogens with one attached hydrogen (secondary N) is 1. The van der Waals surface area contributed by atoms with Gasteiger partial charge in [-0.3, -0.25) is 0 Å². The Hall–Kier alpha value is -1.32. The molecule has 0 aliphatic rings. The second kappa shape index (κ2) is 5.84. The molecule has 1 heterocycles. The van der Waals surface area contributed by atoms with Gasteiger partial charge < -0.3 is 10.1 Å². The summed E-state index contributed by atoms with van der Waals surface area (Å²) in [6, 6.07) is 1.78. The van der Waals surface area contributed by atoms with Gasteiger partial charge in [0.05, 0.1) is 6.10 Å². The van der Waals surface area contributed by atoms with Crippen molar-refractivity contribution in [2.24, 2.45) is 0 Å². The van der Waals surface area contributed by atoms with Crippen LogP contribution in [-0.4, -0.2) is 21.6 Å². The molecule has 4 heteroatoms. The molecule has 1 rings (SSSR count). The van der Waals surface area contributed by atoms with E-state index in [0.29, 0.717) is 11.8 Å². The number of ether oxygens (including phenoxy) is 1. The van der Waals surface area contributed by atoms with E-state index < -0.39 is 0 Å². The Labute approximate surface area is 104 Å². The van der Waals surface area contributed by atoms with Crippen LogP contribution in [0.2, 0.25) is 0 Å². The molecule has 0 aliphatic heterocycles. The van der Waals surface area contributed by atoms with Gasteiger partial charge in [0.1, 0.15) is 0 Å². The third kappa shape index (κ3) is 4.21. The van der Waals surface area contributed by atoms with Gasteiger partial charge in [-0.25, -0.2) is 4.98 Å². The van der Waals surface area contributed by atoms with Crippen LogP contribution in [0.15, 0.2) is 12.3 Å². The van der Waals surface area contributed by atoms with Crippen molar-refractivity contribution in [2.75, 3.05) is 5.32 Å². The highest BCUT2D eigenvalue weighted by atomic mass is 16.5. The van der Waals surface area contributed by atoms with E-state index in [1.807, 2.05) is 13.8 Å². The van der Waals surface area contributed by atoms with Gasteiger partial charge in [-0.15, -0.1) is 0 Å². The highest BCUT2D eigenvalue weighted by Gasteiger charge is 2.20. The lowest BCUT2D eigenvalue weighted by Gasteiger charge is -2.28. The monoisotopic (exact) mass is 237 g/mol. The summed E-state index contributed by atoms with van der Waals surface area (Å²) >= 11 is 0. The molecule has 0 aliphatic carbocycles. The van der Waals surface area contributed by atoms with Crippen LogP contribution in [0.4, 0.5) is 5.95 Å². The summed E-state index contributed by atoms with van der Waals surface area (Å²) in [6.07, 6.45) is 3.91. The first-order valence-electron chi connectivity index (χ1n) is 6.27. The van der Waals surface area contributed by atoms with Gasteiger partial charge in [-0.2, -0.15) is 4.98 Å². The number of hydrogen-bond donors (Lipinski definition) is 1. The fourth-order valence-corrected chi connectivity index (χ4v) is 1.41. The quantitative estimate of drug-likeness (QED) is 0.825. The van der Waals surface area contributed by atoms with E-state index in [1.54, 1.807) is 12.3 Å². The minimum absolute atomic E-state index is 0.0381. The summed E-state index contributed by atoms with van der Waals surface area (Å²) in [7, 11) is 0. The summed E-state index contributed by atoms with van der Waals surface area (Å²) in [5.74, 6) is 1.25. The number of nitrogens with zero attached hydrogens (tertiary/aromatic N) is 2. The van der Waals surface area contributed by atoms with Crippen molar-refractivity contribution in [1.29, 1.82) is 0 Å². The minimum Gasteiger partial charge on any atom is -0.475 e. The second-order valence-electron chi connectivity index (χ2n) is 4.78. The lowest BCUT2D eigenvalue weighted by atomic mass is 9.96. The topological polar surface area (TPSA) is 47.0 Å². The van der Waals surface area contributed by atoms with Crippen LogP contribution < -0.4 is 10.1 Å². The zero-order valence-corrected chi connectivity index (χ0v) is 11.4. The summed E-state index contributed by atoms with van der Waals surface area (Å²) in [5, 5.41) is 3.37. The van der Waals surface area contributed by atoms with Crippen molar-refractivity contribution >= 4 is 5.95 Å². The summed E-state index contributed by atoms with van der Waals surface area (Å²) < 4.78 is 5.55. The maximum absolute atomic E-state index is 5.55. The lowest BCUT2D eigenvalue weighted by molar-refractivity contribution is 0.232. The summed E-state index contributed by atoms with van der Waals surface area (Å²) in [5.41, 5.74) is 0.0381. The molecule has 0 saturated carbocycles. The molecule has 1 aromatic heterocycles. The molecule has 0 spiro atoms. The van der Waals surface area contributed by atoms with Crippen molar-refractivity contribution < 1.29 is 4.74 Å². The molecule has 0 unspecified atom stereocenters. The van der Waals surface area contributed by atoms with E-state index in [-0.39, 0.29) is 11.6 Å². The van der Waals surface area contributed by atoms with Gasteiger partial charge in [-0.1, -0.05) is 13.8 Å². The van der Waals surface area contributed by atoms with Crippen molar-refractivity contribution in [2.45, 2.75) is 59.1 Å². The van der Waals surface area contributed by atoms with Gasteiger partial charge in [0, 0.05) is 17.8 Å². The van der Waals surface area contributed by atoms with E-state index in [1.165, 1.54) is 0 Å². The average molecular weight is 237 g/mol. The molecule has 0 fully saturated rings. The molecule has 96 valence electrons. The van der Waals surface area contributed by atoms with Crippen LogP contribution in [0.5, 0.6) is 5.88 Å². The smallest absolute Gasteiger partial charge is 0.226 e. The van der Waals surface area contributed by atoms with Crippen LogP contribution in [0.3, 0.4) is 0 Å². The molecule has 4 nitrogen and oxygen atoms in total. The standard InChI is InChI=1S/C13H23N3O/c1-6-13(5,7-2)16-12-14-9-8-11(15-12)17-10(3)4/h8-10H,6-7H2,1-5H3,(H,14,15,16). The highest BCUT2D eigenvalue weighted by molar-refractivity contribution is 5.31. The predicted octanol–water partition coefficient (Wildman–Crippen LogP) is 3.25. The zero-order valence-electron chi connectivity index (χ0n) is 11.4. The van der Waals surface area contributed by atoms with E-state index in [0.717, 1.165) is 12.8 Å². The maximum Gasteiger partial charge on any atom is 0.226 e. The van der Waals surface area contributed by atoms with Gasteiger partial charge in [-0.05, 0) is 33.6 Å². The van der Waals surface area contributed by atoms with E-state index in [2.05, 4.69) is 36.1 Å². The number of anilines is 1. The molecule has 17 heavy (non-hydrogen) atoms. The summed E-state index contributed by atoms with van der Waals surface area (Å²) in [4.78, 5) is 8.57. The molecule has 1 aromatic rings. The number of rotatable bonds is 6. The molecule has 0 radical (unpaired) electrons. The highest BCUT2D eigenvalue weighted by Crippen LogP contribution is 2.20. The van der Waals surface area contributed by atoms with Gasteiger partial charge >= 0.3 is 0 Å². The molecule has 0 aromatic carbocycles. The van der Waals surface area contributed by atoms with Crippen LogP contribution >= 0.6 is 0 Å². The second-order valence-corrected chi connectivity index (χ2v) is 4.78. The Morgan fingerprint density at radius 2 is 2.00 bits per heavy atom. The first kappa shape index (κ1) is 13.7. The molecule has 0 amide bonds. The number of aromatic nitrogens is 2. The fraction of sp³-hybridized carbons (Fsp3) is 0.692. The zero-order chi connectivity index (χ0) is 12.9. The Bertz CT molecular complexity index is 348. The predicted molar refractivity (Wildman–Crippen MR) is 70.4 cm³/mol. The molecule has 0 saturated heterocycles. The van der Waals surface area contributed by atoms with Crippen molar-refractivity contribution in [1.82, 2.24) is 9.97 Å². The Balaban J connectivity index is 2.78. The lowest BCUT2D eigenvalue weighted by Crippen LogP contribution is -2.33. The van der Waals surface area contributed by atoms with Gasteiger partial charge in [0.25, 0.3) is 0 Å². The first-order valence-corrected chi connectivity index (χ1v) is 6.27. The number of hydrogen-bond acceptors (Lipinski definition) is 4. The Kier molecular flexibility index (Phi) is 4.73. The first-order chi connectivity index (χ1) is 7.99. The SMILES string of the molecule is CCC(C)(CC)Nc1nccc(OC(C)C)n1. The molecular weight excluding hydrogens is 214 g/mol. The van der Waals surface area contributed by atoms with E-state index >= 15 is 0 Å². The third-order valence-corrected chi connectivity index (χ3v) is 2.96. The van der Waals surface area contributed by atoms with E-state index in [4.69, 9.17) is 4.74 Å². The summed E-state index contributed by atoms with van der Waals surface area (Å²) in [6.45, 7) is 10.5. The van der Waals surface area contributed by atoms with Crippen LogP contribution in [-0.2, 0) is 0 Å². The Morgan fingerprint density at radius 1 is 1.35 bits per heavy atom. The largest absolute Gasteiger partial charge is 0.475 e. The Morgan fingerprint density at radius 3 is 2.53 bits per heavy atom. The van der Waals surface area contributed by atoms with Gasteiger partial charge in [0.2, 0.25) is 11.8 Å². The van der Waals surface area contributed by atoms with Crippen molar-refractivity contribution in [3.05, 3.63) is 12.3 Å². The molecule has 0 bridgehead atoms. The third-order valence-electron chi connectivity index (χ3n) is 2.96. The fourth-order valence-electron chi connectivity index (χ4n) is 1.41. The van der Waals surface area contributed by atoms with E-state index in [9.17, 15) is 0 Å². The van der Waals surface area contributed by atoms with Gasteiger partial charge in [0.15, 0.2) is 0 Å². The van der Waals surface area contributed by atoms with Crippen molar-refractivity contribution in [3.8, 4) is 5.88 Å². The minimum atomic E-state index is 0.0381. The maximum atomic E-state index is 5.55. The normalized spacial score (nSPS) is 11.6. The van der Waals surface area contributed by atoms with Crippen LogP contribution in [0.1, 0.15) is 47.5 Å². The average Bonchev–Trinajstić information content (AvgIpc) is 2.28. The van der Waals surface area contributed by atoms with Crippen LogP contribution in [0.25, 0.3) is 0 Å². The van der Waals surface area contributed by atoms with Crippen LogP contribution in [0, 0.1) is 0 Å². The van der Waals surface area contributed by atoms with Crippen molar-refractivity contribution in [3.63, 3.8) is 0 Å².